The summed E-state index contributed by atoms with van der Waals surface area (Å²) in [6, 6.07) is 5.54. The fraction of sp³-hybridized carbons (Fsp3) is 0.353. The Kier molecular flexibility index (Phi) is 4.85. The number of allylic oxidation sites excluding steroid dienone is 4. The van der Waals surface area contributed by atoms with Crippen molar-refractivity contribution in [3.63, 3.8) is 0 Å². The predicted molar refractivity (Wildman–Crippen MR) is 77.3 cm³/mol. The SMILES string of the molecule is COCc1cc(C(=O)CC2=C(F)CCC=C2)ccc1C. The van der Waals surface area contributed by atoms with Crippen molar-refractivity contribution < 1.29 is 13.9 Å². The van der Waals surface area contributed by atoms with Crippen molar-refractivity contribution in [2.45, 2.75) is 32.8 Å². The summed E-state index contributed by atoms with van der Waals surface area (Å²) in [5, 5.41) is 0. The molecule has 1 aliphatic rings. The lowest BCUT2D eigenvalue weighted by atomic mass is 9.96. The topological polar surface area (TPSA) is 26.3 Å². The van der Waals surface area contributed by atoms with E-state index in [2.05, 4.69) is 0 Å². The van der Waals surface area contributed by atoms with Crippen LogP contribution in [0.25, 0.3) is 0 Å². The number of Topliss-reactive ketones (excluding diaryl/α,β-unsaturated/α-hetero) is 1. The number of hydrogen-bond acceptors (Lipinski definition) is 2. The summed E-state index contributed by atoms with van der Waals surface area (Å²) in [6.45, 7) is 2.46. The van der Waals surface area contributed by atoms with Crippen molar-refractivity contribution >= 4 is 5.78 Å². The number of ketones is 1. The Labute approximate surface area is 119 Å². The maximum atomic E-state index is 13.6. The van der Waals surface area contributed by atoms with E-state index in [1.54, 1.807) is 19.3 Å². The minimum absolute atomic E-state index is 0.0564. The summed E-state index contributed by atoms with van der Waals surface area (Å²) >= 11 is 0. The Morgan fingerprint density at radius 2 is 2.20 bits per heavy atom. The molecule has 0 spiro atoms. The summed E-state index contributed by atoms with van der Waals surface area (Å²) in [7, 11) is 1.63. The van der Waals surface area contributed by atoms with E-state index in [0.717, 1.165) is 11.1 Å². The van der Waals surface area contributed by atoms with Crippen molar-refractivity contribution in [1.82, 2.24) is 0 Å². The van der Waals surface area contributed by atoms with E-state index >= 15 is 0 Å². The maximum absolute atomic E-state index is 13.6. The Balaban J connectivity index is 2.17. The molecule has 0 saturated heterocycles. The summed E-state index contributed by atoms with van der Waals surface area (Å²) in [5.41, 5.74) is 3.20. The van der Waals surface area contributed by atoms with Crippen molar-refractivity contribution in [2.24, 2.45) is 0 Å². The van der Waals surface area contributed by atoms with Crippen LogP contribution in [0.1, 0.15) is 40.7 Å². The largest absolute Gasteiger partial charge is 0.380 e. The number of hydrogen-bond donors (Lipinski definition) is 0. The molecule has 0 amide bonds. The lowest BCUT2D eigenvalue weighted by Crippen LogP contribution is -2.04. The highest BCUT2D eigenvalue weighted by atomic mass is 19.1. The minimum Gasteiger partial charge on any atom is -0.380 e. The molecular weight excluding hydrogens is 255 g/mol. The average Bonchev–Trinajstić information content (AvgIpc) is 2.44. The lowest BCUT2D eigenvalue weighted by Gasteiger charge is -2.10. The number of carbonyl (C=O) groups is 1. The third-order valence-electron chi connectivity index (χ3n) is 3.52. The van der Waals surface area contributed by atoms with Gasteiger partial charge in [-0.25, -0.2) is 4.39 Å². The molecular formula is C17H19FO2. The minimum atomic E-state index is -0.162. The first-order valence-corrected chi connectivity index (χ1v) is 6.77. The molecule has 0 bridgehead atoms. The first-order valence-electron chi connectivity index (χ1n) is 6.77. The van der Waals surface area contributed by atoms with Gasteiger partial charge >= 0.3 is 0 Å². The molecule has 0 N–H and O–H groups in total. The van der Waals surface area contributed by atoms with Crippen molar-refractivity contribution in [3.05, 3.63) is 58.4 Å². The lowest BCUT2D eigenvalue weighted by molar-refractivity contribution is 0.0992. The van der Waals surface area contributed by atoms with E-state index in [1.807, 2.05) is 25.1 Å². The fourth-order valence-corrected chi connectivity index (χ4v) is 2.27. The van der Waals surface area contributed by atoms with Crippen LogP contribution in [0, 0.1) is 6.92 Å². The third kappa shape index (κ3) is 3.42. The summed E-state index contributed by atoms with van der Waals surface area (Å²) < 4.78 is 18.8. The van der Waals surface area contributed by atoms with E-state index in [-0.39, 0.29) is 18.0 Å². The zero-order valence-corrected chi connectivity index (χ0v) is 11.9. The van der Waals surface area contributed by atoms with Gasteiger partial charge in [0.2, 0.25) is 0 Å². The van der Waals surface area contributed by atoms with Crippen LogP contribution in [0.2, 0.25) is 0 Å². The van der Waals surface area contributed by atoms with Gasteiger partial charge in [0.25, 0.3) is 0 Å². The van der Waals surface area contributed by atoms with Crippen molar-refractivity contribution in [3.8, 4) is 0 Å². The molecule has 2 nitrogen and oxygen atoms in total. The van der Waals surface area contributed by atoms with Gasteiger partial charge in [0.1, 0.15) is 5.83 Å². The molecule has 0 aliphatic heterocycles. The number of ether oxygens (including phenoxy) is 1. The van der Waals surface area contributed by atoms with Crippen LogP contribution in [-0.4, -0.2) is 12.9 Å². The highest BCUT2D eigenvalue weighted by molar-refractivity contribution is 5.98. The standard InChI is InChI=1S/C17H19FO2/c1-12-7-8-14(9-15(12)11-20-2)17(19)10-13-5-3-4-6-16(13)18/h3,5,7-9H,4,6,10-11H2,1-2H3. The smallest absolute Gasteiger partial charge is 0.167 e. The molecule has 106 valence electrons. The molecule has 0 atom stereocenters. The summed E-state index contributed by atoms with van der Waals surface area (Å²) in [5.74, 6) is -0.218. The van der Waals surface area contributed by atoms with E-state index in [1.165, 1.54) is 0 Å². The molecule has 1 aliphatic carbocycles. The predicted octanol–water partition coefficient (Wildman–Crippen LogP) is 4.29. The van der Waals surface area contributed by atoms with Crippen molar-refractivity contribution in [2.75, 3.05) is 7.11 Å². The Hall–Kier alpha value is -1.74. The van der Waals surface area contributed by atoms with Gasteiger partial charge in [-0.1, -0.05) is 24.3 Å². The van der Waals surface area contributed by atoms with E-state index in [9.17, 15) is 9.18 Å². The molecule has 0 fully saturated rings. The average molecular weight is 274 g/mol. The van der Waals surface area contributed by atoms with Gasteiger partial charge in [0, 0.05) is 25.5 Å². The highest BCUT2D eigenvalue weighted by Gasteiger charge is 2.14. The van der Waals surface area contributed by atoms with Crippen LogP contribution >= 0.6 is 0 Å². The van der Waals surface area contributed by atoms with Gasteiger partial charge in [-0.2, -0.15) is 0 Å². The summed E-state index contributed by atoms with van der Waals surface area (Å²) in [6.07, 6.45) is 4.88. The van der Waals surface area contributed by atoms with Gasteiger partial charge < -0.3 is 4.74 Å². The van der Waals surface area contributed by atoms with E-state index in [4.69, 9.17) is 4.74 Å². The first kappa shape index (κ1) is 14.7. The van der Waals surface area contributed by atoms with Gasteiger partial charge in [0.05, 0.1) is 6.61 Å². The molecule has 0 radical (unpaired) electrons. The molecule has 2 rings (SSSR count). The number of rotatable bonds is 5. The Morgan fingerprint density at radius 3 is 2.90 bits per heavy atom. The molecule has 0 aromatic heterocycles. The van der Waals surface area contributed by atoms with Crippen LogP contribution in [0.15, 0.2) is 41.8 Å². The van der Waals surface area contributed by atoms with Crippen LogP contribution in [0.3, 0.4) is 0 Å². The van der Waals surface area contributed by atoms with Crippen LogP contribution in [-0.2, 0) is 11.3 Å². The zero-order valence-electron chi connectivity index (χ0n) is 11.9. The highest BCUT2D eigenvalue weighted by Crippen LogP contribution is 2.24. The third-order valence-corrected chi connectivity index (χ3v) is 3.52. The number of carbonyl (C=O) groups excluding carboxylic acids is 1. The fourth-order valence-electron chi connectivity index (χ4n) is 2.27. The van der Waals surface area contributed by atoms with Gasteiger partial charge in [0.15, 0.2) is 5.78 Å². The van der Waals surface area contributed by atoms with E-state index in [0.29, 0.717) is 30.6 Å². The monoisotopic (exact) mass is 274 g/mol. The van der Waals surface area contributed by atoms with E-state index < -0.39 is 0 Å². The second-order valence-electron chi connectivity index (χ2n) is 5.05. The van der Waals surface area contributed by atoms with Crippen LogP contribution in [0.4, 0.5) is 4.39 Å². The second kappa shape index (κ2) is 6.62. The molecule has 20 heavy (non-hydrogen) atoms. The molecule has 1 aromatic carbocycles. The zero-order chi connectivity index (χ0) is 14.5. The first-order chi connectivity index (χ1) is 9.61. The molecule has 0 saturated carbocycles. The Bertz CT molecular complexity index is 570. The number of benzene rings is 1. The Morgan fingerprint density at radius 1 is 1.40 bits per heavy atom. The van der Waals surface area contributed by atoms with Crippen LogP contribution in [0.5, 0.6) is 0 Å². The number of aryl methyl sites for hydroxylation is 1. The van der Waals surface area contributed by atoms with Gasteiger partial charge in [-0.05, 0) is 36.1 Å². The van der Waals surface area contributed by atoms with Gasteiger partial charge in [-0.15, -0.1) is 0 Å². The quantitative estimate of drug-likeness (QED) is 0.749. The normalized spacial score (nSPS) is 14.8. The second-order valence-corrected chi connectivity index (χ2v) is 5.05. The molecule has 0 heterocycles. The summed E-state index contributed by atoms with van der Waals surface area (Å²) in [4.78, 5) is 12.3. The van der Waals surface area contributed by atoms with Crippen LogP contribution < -0.4 is 0 Å². The maximum Gasteiger partial charge on any atom is 0.167 e. The molecule has 0 unspecified atom stereocenters. The number of halogens is 1. The van der Waals surface area contributed by atoms with Gasteiger partial charge in [-0.3, -0.25) is 4.79 Å². The number of methoxy groups -OCH3 is 1. The van der Waals surface area contributed by atoms with Crippen molar-refractivity contribution in [1.29, 1.82) is 0 Å². The molecule has 1 aromatic rings. The molecule has 3 heteroatoms.